The van der Waals surface area contributed by atoms with Gasteiger partial charge in [0.2, 0.25) is 15.9 Å². The van der Waals surface area contributed by atoms with E-state index in [4.69, 9.17) is 10.9 Å². The van der Waals surface area contributed by atoms with E-state index in [0.717, 1.165) is 19.3 Å². The lowest BCUT2D eigenvalue weighted by Crippen LogP contribution is -2.28. The summed E-state index contributed by atoms with van der Waals surface area (Å²) in [5, 5.41) is 4.97. The molecule has 1 aliphatic heterocycles. The molecule has 1 aliphatic rings. The van der Waals surface area contributed by atoms with Crippen LogP contribution >= 0.6 is 0 Å². The Morgan fingerprint density at radius 2 is 2.00 bits per heavy atom. The number of amides is 1. The molecule has 6 nitrogen and oxygen atoms in total. The standard InChI is InChI=1S/C10H21N3O3S/c11-4-2-1-3-5-13-7-9(6-10(13)14)8-17(12,15)16/h9H,1-8,11H2,(H2,12,15,16). The van der Waals surface area contributed by atoms with Gasteiger partial charge < -0.3 is 10.6 Å². The number of likely N-dealkylation sites (tertiary alicyclic amines) is 1. The average molecular weight is 263 g/mol. The lowest BCUT2D eigenvalue weighted by atomic mass is 10.1. The molecule has 1 saturated heterocycles. The van der Waals surface area contributed by atoms with Crippen molar-refractivity contribution in [1.29, 1.82) is 0 Å². The number of carbonyl (C=O) groups is 1. The number of rotatable bonds is 7. The molecule has 1 fully saturated rings. The van der Waals surface area contributed by atoms with Crippen molar-refractivity contribution in [3.63, 3.8) is 0 Å². The van der Waals surface area contributed by atoms with Gasteiger partial charge in [0.15, 0.2) is 0 Å². The molecule has 0 aromatic heterocycles. The van der Waals surface area contributed by atoms with E-state index in [2.05, 4.69) is 0 Å². The zero-order valence-electron chi connectivity index (χ0n) is 9.97. The summed E-state index contributed by atoms with van der Waals surface area (Å²) < 4.78 is 21.9. The first kappa shape index (κ1) is 14.4. The zero-order chi connectivity index (χ0) is 12.9. The summed E-state index contributed by atoms with van der Waals surface area (Å²) >= 11 is 0. The summed E-state index contributed by atoms with van der Waals surface area (Å²) in [6.07, 6.45) is 3.18. The van der Waals surface area contributed by atoms with E-state index >= 15 is 0 Å². The van der Waals surface area contributed by atoms with Crippen LogP contribution in [0.5, 0.6) is 0 Å². The van der Waals surface area contributed by atoms with Crippen molar-refractivity contribution in [2.75, 3.05) is 25.4 Å². The summed E-state index contributed by atoms with van der Waals surface area (Å²) in [5.41, 5.74) is 5.38. The van der Waals surface area contributed by atoms with E-state index in [1.54, 1.807) is 4.90 Å². The largest absolute Gasteiger partial charge is 0.342 e. The van der Waals surface area contributed by atoms with Crippen LogP contribution in [0, 0.1) is 5.92 Å². The third-order valence-corrected chi connectivity index (χ3v) is 3.83. The molecule has 100 valence electrons. The molecule has 0 aromatic rings. The molecule has 0 aromatic carbocycles. The molecule has 7 heteroatoms. The Labute approximate surface area is 102 Å². The van der Waals surface area contributed by atoms with Crippen molar-refractivity contribution in [3.05, 3.63) is 0 Å². The fourth-order valence-electron chi connectivity index (χ4n) is 2.13. The molecular weight excluding hydrogens is 242 g/mol. The van der Waals surface area contributed by atoms with Crippen molar-refractivity contribution < 1.29 is 13.2 Å². The van der Waals surface area contributed by atoms with Crippen molar-refractivity contribution >= 4 is 15.9 Å². The number of primary sulfonamides is 1. The highest BCUT2D eigenvalue weighted by Gasteiger charge is 2.31. The monoisotopic (exact) mass is 263 g/mol. The lowest BCUT2D eigenvalue weighted by molar-refractivity contribution is -0.127. The smallest absolute Gasteiger partial charge is 0.222 e. The molecule has 0 aliphatic carbocycles. The van der Waals surface area contributed by atoms with E-state index in [9.17, 15) is 13.2 Å². The van der Waals surface area contributed by atoms with E-state index in [1.807, 2.05) is 0 Å². The Bertz CT molecular complexity index is 356. The van der Waals surface area contributed by atoms with E-state index < -0.39 is 10.0 Å². The van der Waals surface area contributed by atoms with Crippen LogP contribution in [-0.2, 0) is 14.8 Å². The maximum atomic E-state index is 11.6. The van der Waals surface area contributed by atoms with Crippen molar-refractivity contribution in [2.24, 2.45) is 16.8 Å². The van der Waals surface area contributed by atoms with Gasteiger partial charge in [-0.15, -0.1) is 0 Å². The van der Waals surface area contributed by atoms with Gasteiger partial charge in [-0.05, 0) is 19.4 Å². The first-order valence-electron chi connectivity index (χ1n) is 5.90. The Hall–Kier alpha value is -0.660. The van der Waals surface area contributed by atoms with Gasteiger partial charge in [0.1, 0.15) is 0 Å². The van der Waals surface area contributed by atoms with Crippen LogP contribution in [0.2, 0.25) is 0 Å². The fourth-order valence-corrected chi connectivity index (χ4v) is 3.01. The first-order chi connectivity index (χ1) is 7.92. The summed E-state index contributed by atoms with van der Waals surface area (Å²) in [6.45, 7) is 1.87. The summed E-state index contributed by atoms with van der Waals surface area (Å²) in [7, 11) is -3.48. The average Bonchev–Trinajstić information content (AvgIpc) is 2.51. The number of carbonyl (C=O) groups excluding carboxylic acids is 1. The topological polar surface area (TPSA) is 106 Å². The van der Waals surface area contributed by atoms with E-state index in [1.165, 1.54) is 0 Å². The molecule has 1 rings (SSSR count). The van der Waals surface area contributed by atoms with Gasteiger partial charge in [0.25, 0.3) is 0 Å². The Morgan fingerprint density at radius 3 is 2.59 bits per heavy atom. The van der Waals surface area contributed by atoms with Gasteiger partial charge in [-0.25, -0.2) is 13.6 Å². The number of hydrogen-bond donors (Lipinski definition) is 2. The van der Waals surface area contributed by atoms with Gasteiger partial charge in [0, 0.05) is 25.4 Å². The second-order valence-electron chi connectivity index (χ2n) is 4.59. The number of nitrogens with zero attached hydrogens (tertiary/aromatic N) is 1. The Kier molecular flexibility index (Phi) is 5.35. The zero-order valence-corrected chi connectivity index (χ0v) is 10.8. The fraction of sp³-hybridized carbons (Fsp3) is 0.900. The summed E-state index contributed by atoms with van der Waals surface area (Å²) in [5.74, 6) is -0.212. The predicted molar refractivity (Wildman–Crippen MR) is 65.6 cm³/mol. The minimum atomic E-state index is -3.48. The van der Waals surface area contributed by atoms with Crippen LogP contribution in [0.3, 0.4) is 0 Å². The van der Waals surface area contributed by atoms with Gasteiger partial charge in [-0.2, -0.15) is 0 Å². The highest BCUT2D eigenvalue weighted by Crippen LogP contribution is 2.19. The minimum absolute atomic E-state index is 0.0337. The molecular formula is C10H21N3O3S. The molecule has 4 N–H and O–H groups in total. The normalized spacial score (nSPS) is 21.2. The van der Waals surface area contributed by atoms with Gasteiger partial charge >= 0.3 is 0 Å². The second-order valence-corrected chi connectivity index (χ2v) is 6.25. The highest BCUT2D eigenvalue weighted by molar-refractivity contribution is 7.89. The van der Waals surface area contributed by atoms with Crippen LogP contribution in [0.25, 0.3) is 0 Å². The molecule has 0 radical (unpaired) electrons. The second kappa shape index (κ2) is 6.32. The van der Waals surface area contributed by atoms with Gasteiger partial charge in [-0.1, -0.05) is 6.42 Å². The van der Waals surface area contributed by atoms with Crippen molar-refractivity contribution in [3.8, 4) is 0 Å². The quantitative estimate of drug-likeness (QED) is 0.589. The molecule has 1 amide bonds. The number of sulfonamides is 1. The molecule has 0 bridgehead atoms. The highest BCUT2D eigenvalue weighted by atomic mass is 32.2. The van der Waals surface area contributed by atoms with E-state index in [0.29, 0.717) is 26.1 Å². The Morgan fingerprint density at radius 1 is 1.29 bits per heavy atom. The Balaban J connectivity index is 2.32. The van der Waals surface area contributed by atoms with Crippen LogP contribution in [0.4, 0.5) is 0 Å². The molecule has 0 spiro atoms. The number of unbranched alkanes of at least 4 members (excludes halogenated alkanes) is 2. The number of hydrogen-bond acceptors (Lipinski definition) is 4. The van der Waals surface area contributed by atoms with Gasteiger partial charge in [-0.3, -0.25) is 4.79 Å². The third-order valence-electron chi connectivity index (χ3n) is 2.89. The van der Waals surface area contributed by atoms with Crippen LogP contribution in [0.1, 0.15) is 25.7 Å². The molecule has 1 unspecified atom stereocenters. The molecule has 17 heavy (non-hydrogen) atoms. The van der Waals surface area contributed by atoms with Gasteiger partial charge in [0.05, 0.1) is 5.75 Å². The predicted octanol–water partition coefficient (Wildman–Crippen LogP) is -0.748. The molecule has 1 atom stereocenters. The maximum absolute atomic E-state index is 11.6. The van der Waals surface area contributed by atoms with Crippen molar-refractivity contribution in [2.45, 2.75) is 25.7 Å². The number of nitrogens with two attached hydrogens (primary N) is 2. The minimum Gasteiger partial charge on any atom is -0.342 e. The van der Waals surface area contributed by atoms with Crippen LogP contribution < -0.4 is 10.9 Å². The summed E-state index contributed by atoms with van der Waals surface area (Å²) in [6, 6.07) is 0. The molecule has 1 heterocycles. The molecule has 0 saturated carbocycles. The first-order valence-corrected chi connectivity index (χ1v) is 7.62. The van der Waals surface area contributed by atoms with Crippen molar-refractivity contribution in [1.82, 2.24) is 4.90 Å². The SMILES string of the molecule is NCCCCCN1CC(CS(N)(=O)=O)CC1=O. The third kappa shape index (κ3) is 5.47. The van der Waals surface area contributed by atoms with E-state index in [-0.39, 0.29) is 17.6 Å². The maximum Gasteiger partial charge on any atom is 0.222 e. The van der Waals surface area contributed by atoms with Crippen LogP contribution in [-0.4, -0.2) is 44.6 Å². The van der Waals surface area contributed by atoms with Crippen LogP contribution in [0.15, 0.2) is 0 Å². The summed E-state index contributed by atoms with van der Waals surface area (Å²) in [4.78, 5) is 13.3. The lowest BCUT2D eigenvalue weighted by Gasteiger charge is -2.16.